The molecular weight excluding hydrogens is 258 g/mol. The summed E-state index contributed by atoms with van der Waals surface area (Å²) >= 11 is 6.00. The van der Waals surface area contributed by atoms with Crippen molar-refractivity contribution >= 4 is 11.6 Å². The van der Waals surface area contributed by atoms with Crippen LogP contribution in [0.25, 0.3) is 0 Å². The first-order chi connectivity index (χ1) is 9.19. The normalized spacial score (nSPS) is 12.2. The molecule has 0 aliphatic heterocycles. The molecule has 2 nitrogen and oxygen atoms in total. The van der Waals surface area contributed by atoms with Gasteiger partial charge in [-0.25, -0.2) is 0 Å². The Morgan fingerprint density at radius 1 is 1.16 bits per heavy atom. The molecule has 1 atom stereocenters. The molecule has 0 aliphatic rings. The van der Waals surface area contributed by atoms with Crippen LogP contribution in [-0.2, 0) is 0 Å². The summed E-state index contributed by atoms with van der Waals surface area (Å²) in [5, 5.41) is 0.728. The van der Waals surface area contributed by atoms with Crippen molar-refractivity contribution in [3.63, 3.8) is 0 Å². The van der Waals surface area contributed by atoms with Gasteiger partial charge in [0.25, 0.3) is 0 Å². The fourth-order valence-electron chi connectivity index (χ4n) is 1.96. The third kappa shape index (κ3) is 3.98. The van der Waals surface area contributed by atoms with Crippen molar-refractivity contribution in [3.05, 3.63) is 64.7 Å². The van der Waals surface area contributed by atoms with Gasteiger partial charge >= 0.3 is 0 Å². The molecule has 1 unspecified atom stereocenters. The Morgan fingerprint density at radius 2 is 1.95 bits per heavy atom. The molecule has 0 aromatic heterocycles. The molecular formula is C16H18ClNO. The van der Waals surface area contributed by atoms with Crippen molar-refractivity contribution in [3.8, 4) is 5.75 Å². The molecule has 0 spiro atoms. The van der Waals surface area contributed by atoms with E-state index in [2.05, 4.69) is 0 Å². The minimum atomic E-state index is 0.152. The predicted molar refractivity (Wildman–Crippen MR) is 79.9 cm³/mol. The fraction of sp³-hybridized carbons (Fsp3) is 0.250. The predicted octanol–water partition coefficient (Wildman–Crippen LogP) is 3.77. The minimum absolute atomic E-state index is 0.152. The first-order valence-electron chi connectivity index (χ1n) is 6.34. The molecule has 0 heterocycles. The van der Waals surface area contributed by atoms with Crippen molar-refractivity contribution in [1.82, 2.24) is 0 Å². The molecule has 0 bridgehead atoms. The molecule has 3 heteroatoms. The Balaban J connectivity index is 2.04. The van der Waals surface area contributed by atoms with E-state index in [-0.39, 0.29) is 5.92 Å². The van der Waals surface area contributed by atoms with Gasteiger partial charge in [0.05, 0.1) is 6.61 Å². The van der Waals surface area contributed by atoms with Crippen molar-refractivity contribution < 1.29 is 4.74 Å². The molecule has 100 valence electrons. The van der Waals surface area contributed by atoms with Crippen molar-refractivity contribution in [1.29, 1.82) is 0 Å². The number of halogens is 1. The van der Waals surface area contributed by atoms with Gasteiger partial charge in [0.1, 0.15) is 5.75 Å². The lowest BCUT2D eigenvalue weighted by molar-refractivity contribution is 0.290. The van der Waals surface area contributed by atoms with Gasteiger partial charge in [-0.05, 0) is 42.3 Å². The molecule has 0 radical (unpaired) electrons. The lowest BCUT2D eigenvalue weighted by atomic mass is 10.0. The van der Waals surface area contributed by atoms with Crippen molar-refractivity contribution in [2.75, 3.05) is 13.2 Å². The second-order valence-corrected chi connectivity index (χ2v) is 5.05. The quantitative estimate of drug-likeness (QED) is 0.901. The molecule has 2 aromatic rings. The largest absolute Gasteiger partial charge is 0.493 e. The number of ether oxygens (including phenoxy) is 1. The Morgan fingerprint density at radius 3 is 2.63 bits per heavy atom. The van der Waals surface area contributed by atoms with E-state index in [1.165, 1.54) is 5.56 Å². The average molecular weight is 276 g/mol. The van der Waals surface area contributed by atoms with E-state index in [1.807, 2.05) is 55.5 Å². The number of aryl methyl sites for hydroxylation is 1. The van der Waals surface area contributed by atoms with E-state index >= 15 is 0 Å². The van der Waals surface area contributed by atoms with Crippen LogP contribution in [-0.4, -0.2) is 13.2 Å². The zero-order valence-corrected chi connectivity index (χ0v) is 11.7. The third-order valence-corrected chi connectivity index (χ3v) is 3.28. The van der Waals surface area contributed by atoms with E-state index in [0.29, 0.717) is 13.2 Å². The maximum absolute atomic E-state index is 6.00. The summed E-state index contributed by atoms with van der Waals surface area (Å²) in [6.07, 6.45) is 0. The number of nitrogens with two attached hydrogens (primary N) is 1. The zero-order chi connectivity index (χ0) is 13.7. The summed E-state index contributed by atoms with van der Waals surface area (Å²) in [7, 11) is 0. The van der Waals surface area contributed by atoms with Crippen LogP contribution in [0.5, 0.6) is 5.75 Å². The highest BCUT2D eigenvalue weighted by Crippen LogP contribution is 2.21. The fourth-order valence-corrected chi connectivity index (χ4v) is 2.16. The lowest BCUT2D eigenvalue weighted by Crippen LogP contribution is -2.19. The third-order valence-electron chi connectivity index (χ3n) is 3.05. The van der Waals surface area contributed by atoms with Crippen molar-refractivity contribution in [2.45, 2.75) is 12.8 Å². The summed E-state index contributed by atoms with van der Waals surface area (Å²) in [5.74, 6) is 1.03. The summed E-state index contributed by atoms with van der Waals surface area (Å²) in [4.78, 5) is 0. The lowest BCUT2D eigenvalue weighted by Gasteiger charge is -2.16. The van der Waals surface area contributed by atoms with Gasteiger partial charge in [-0.2, -0.15) is 0 Å². The smallest absolute Gasteiger partial charge is 0.119 e. The SMILES string of the molecule is Cc1cccc(OCC(CN)c2cccc(Cl)c2)c1. The van der Waals surface area contributed by atoms with Crippen LogP contribution in [0.15, 0.2) is 48.5 Å². The van der Waals surface area contributed by atoms with Crippen LogP contribution in [0.3, 0.4) is 0 Å². The van der Waals surface area contributed by atoms with Crippen molar-refractivity contribution in [2.24, 2.45) is 5.73 Å². The maximum atomic E-state index is 6.00. The molecule has 0 saturated carbocycles. The molecule has 0 fully saturated rings. The van der Waals surface area contributed by atoms with Gasteiger partial charge in [-0.3, -0.25) is 0 Å². The van der Waals surface area contributed by atoms with Crippen LogP contribution < -0.4 is 10.5 Å². The van der Waals surface area contributed by atoms with Crippen LogP contribution >= 0.6 is 11.6 Å². The van der Waals surface area contributed by atoms with E-state index in [0.717, 1.165) is 16.3 Å². The summed E-state index contributed by atoms with van der Waals surface area (Å²) in [6.45, 7) is 3.14. The second-order valence-electron chi connectivity index (χ2n) is 4.62. The van der Waals surface area contributed by atoms with E-state index in [4.69, 9.17) is 22.1 Å². The summed E-state index contributed by atoms with van der Waals surface area (Å²) in [6, 6.07) is 15.8. The van der Waals surface area contributed by atoms with Crippen LogP contribution in [0, 0.1) is 6.92 Å². The van der Waals surface area contributed by atoms with Crippen LogP contribution in [0.1, 0.15) is 17.0 Å². The molecule has 0 saturated heterocycles. The molecule has 2 rings (SSSR count). The van der Waals surface area contributed by atoms with Gasteiger partial charge in [0.2, 0.25) is 0 Å². The molecule has 0 amide bonds. The van der Waals surface area contributed by atoms with E-state index in [1.54, 1.807) is 0 Å². The topological polar surface area (TPSA) is 35.2 Å². The summed E-state index contributed by atoms with van der Waals surface area (Å²) < 4.78 is 5.81. The minimum Gasteiger partial charge on any atom is -0.493 e. The van der Waals surface area contributed by atoms with Crippen LogP contribution in [0.2, 0.25) is 5.02 Å². The molecule has 2 aromatic carbocycles. The molecule has 2 N–H and O–H groups in total. The van der Waals surface area contributed by atoms with Gasteiger partial charge in [0.15, 0.2) is 0 Å². The highest BCUT2D eigenvalue weighted by molar-refractivity contribution is 6.30. The van der Waals surface area contributed by atoms with E-state index in [9.17, 15) is 0 Å². The standard InChI is InChI=1S/C16H18ClNO/c1-12-4-2-7-16(8-12)19-11-14(10-18)13-5-3-6-15(17)9-13/h2-9,14H,10-11,18H2,1H3. The van der Waals surface area contributed by atoms with Gasteiger partial charge < -0.3 is 10.5 Å². The number of hydrogen-bond donors (Lipinski definition) is 1. The van der Waals surface area contributed by atoms with Crippen LogP contribution in [0.4, 0.5) is 0 Å². The van der Waals surface area contributed by atoms with Gasteiger partial charge in [-0.15, -0.1) is 0 Å². The number of hydrogen-bond acceptors (Lipinski definition) is 2. The molecule has 0 aliphatic carbocycles. The Labute approximate surface area is 119 Å². The summed E-state index contributed by atoms with van der Waals surface area (Å²) in [5.41, 5.74) is 8.12. The first-order valence-corrected chi connectivity index (χ1v) is 6.72. The second kappa shape index (κ2) is 6.60. The first kappa shape index (κ1) is 13.9. The number of benzene rings is 2. The highest BCUT2D eigenvalue weighted by Gasteiger charge is 2.11. The van der Waals surface area contributed by atoms with Gasteiger partial charge in [-0.1, -0.05) is 35.9 Å². The van der Waals surface area contributed by atoms with E-state index < -0.39 is 0 Å². The Kier molecular flexibility index (Phi) is 4.83. The maximum Gasteiger partial charge on any atom is 0.119 e. The zero-order valence-electron chi connectivity index (χ0n) is 11.0. The average Bonchev–Trinajstić information content (AvgIpc) is 2.40. The Hall–Kier alpha value is -1.51. The Bertz CT molecular complexity index is 542. The molecule has 19 heavy (non-hydrogen) atoms. The monoisotopic (exact) mass is 275 g/mol. The van der Waals surface area contributed by atoms with Gasteiger partial charge in [0, 0.05) is 17.5 Å². The number of rotatable bonds is 5. The highest BCUT2D eigenvalue weighted by atomic mass is 35.5.